The molecule has 4 aliphatic rings. The first-order chi connectivity index (χ1) is 13.1. The van der Waals surface area contributed by atoms with E-state index in [0.29, 0.717) is 35.7 Å². The van der Waals surface area contributed by atoms with Gasteiger partial charge in [0, 0.05) is 18.6 Å². The van der Waals surface area contributed by atoms with Crippen molar-refractivity contribution in [3.05, 3.63) is 11.6 Å². The number of carboxylic acid groups (broad SMARTS) is 1. The van der Waals surface area contributed by atoms with Gasteiger partial charge in [0.05, 0.1) is 6.42 Å². The van der Waals surface area contributed by atoms with Crippen molar-refractivity contribution in [2.75, 3.05) is 6.61 Å². The number of fused-ring (bicyclic) bond motifs is 5. The van der Waals surface area contributed by atoms with Gasteiger partial charge in [0.2, 0.25) is 0 Å². The highest BCUT2D eigenvalue weighted by molar-refractivity contribution is 5.99. The Kier molecular flexibility index (Phi) is 4.80. The van der Waals surface area contributed by atoms with Gasteiger partial charge < -0.3 is 10.2 Å². The molecule has 7 atom stereocenters. The molecule has 28 heavy (non-hydrogen) atoms. The first-order valence-electron chi connectivity index (χ1n) is 11.2. The van der Waals surface area contributed by atoms with Crippen LogP contribution in [0.2, 0.25) is 0 Å². The summed E-state index contributed by atoms with van der Waals surface area (Å²) in [5.74, 6) is 0.995. The Hall–Kier alpha value is -1.16. The maximum atomic E-state index is 12.7. The minimum absolute atomic E-state index is 0.0299. The molecule has 4 aliphatic carbocycles. The van der Waals surface area contributed by atoms with E-state index in [9.17, 15) is 14.7 Å². The van der Waals surface area contributed by atoms with Gasteiger partial charge >= 0.3 is 5.97 Å². The topological polar surface area (TPSA) is 74.6 Å². The second-order valence-corrected chi connectivity index (χ2v) is 11.1. The van der Waals surface area contributed by atoms with E-state index in [1.165, 1.54) is 12.8 Å². The predicted molar refractivity (Wildman–Crippen MR) is 108 cm³/mol. The molecule has 4 nitrogen and oxygen atoms in total. The molecule has 0 amide bonds. The first-order valence-corrected chi connectivity index (χ1v) is 11.2. The summed E-state index contributed by atoms with van der Waals surface area (Å²) >= 11 is 0. The number of aliphatic carboxylic acids is 1. The predicted octanol–water partition coefficient (Wildman–Crippen LogP) is 4.61. The summed E-state index contributed by atoms with van der Waals surface area (Å²) in [6.45, 7) is 7.46. The molecule has 0 spiro atoms. The zero-order chi connectivity index (χ0) is 20.3. The Bertz CT molecular complexity index is 711. The molecule has 0 bridgehead atoms. The van der Waals surface area contributed by atoms with Crippen LogP contribution in [0.25, 0.3) is 0 Å². The number of aliphatic hydroxyl groups is 1. The summed E-state index contributed by atoms with van der Waals surface area (Å²) in [5.41, 5.74) is 0.938. The molecular weight excluding hydrogens is 352 g/mol. The van der Waals surface area contributed by atoms with E-state index >= 15 is 0 Å². The molecule has 2 N–H and O–H groups in total. The Labute approximate surface area is 168 Å². The van der Waals surface area contributed by atoms with E-state index in [1.807, 2.05) is 6.08 Å². The SMILES string of the molecule is C[C@]1(CO)CCC[C@]2(C)[C@H]3CC[C@@H]4C=C(CC(=O)O)C(=O)C[C@H]4[C@]3(C)CC[C@H]12. The van der Waals surface area contributed by atoms with Crippen LogP contribution in [-0.2, 0) is 9.59 Å². The average molecular weight is 389 g/mol. The summed E-state index contributed by atoms with van der Waals surface area (Å²) < 4.78 is 0. The van der Waals surface area contributed by atoms with Crippen molar-refractivity contribution >= 4 is 11.8 Å². The number of rotatable bonds is 3. The Balaban J connectivity index is 1.66. The lowest BCUT2D eigenvalue weighted by Crippen LogP contribution is -2.60. The fourth-order valence-corrected chi connectivity index (χ4v) is 8.42. The highest BCUT2D eigenvalue weighted by Gasteiger charge is 2.63. The highest BCUT2D eigenvalue weighted by Crippen LogP contribution is 2.70. The molecule has 0 aromatic rings. The minimum atomic E-state index is -0.906. The van der Waals surface area contributed by atoms with Crippen LogP contribution in [0.5, 0.6) is 0 Å². The number of carbonyl (C=O) groups excluding carboxylic acids is 1. The zero-order valence-corrected chi connectivity index (χ0v) is 17.7. The number of carbonyl (C=O) groups is 2. The summed E-state index contributed by atoms with van der Waals surface area (Å²) in [6, 6.07) is 0. The third-order valence-corrected chi connectivity index (χ3v) is 9.70. The monoisotopic (exact) mass is 388 g/mol. The maximum Gasteiger partial charge on any atom is 0.307 e. The number of allylic oxidation sites excluding steroid dienone is 1. The van der Waals surface area contributed by atoms with E-state index in [1.54, 1.807) is 0 Å². The van der Waals surface area contributed by atoms with Crippen molar-refractivity contribution in [1.82, 2.24) is 0 Å². The van der Waals surface area contributed by atoms with Crippen LogP contribution in [-0.4, -0.2) is 28.6 Å². The van der Waals surface area contributed by atoms with Crippen LogP contribution < -0.4 is 0 Å². The number of carboxylic acids is 1. The number of Topliss-reactive ketones (excluding diaryl/α,β-unsaturated/α-hetero) is 1. The summed E-state index contributed by atoms with van der Waals surface area (Å²) in [5, 5.41) is 19.3. The van der Waals surface area contributed by atoms with E-state index in [4.69, 9.17) is 5.11 Å². The number of hydrogen-bond donors (Lipinski definition) is 2. The average Bonchev–Trinajstić information content (AvgIpc) is 2.62. The van der Waals surface area contributed by atoms with Crippen molar-refractivity contribution in [2.45, 2.75) is 78.6 Å². The van der Waals surface area contributed by atoms with Gasteiger partial charge in [-0.3, -0.25) is 9.59 Å². The van der Waals surface area contributed by atoms with E-state index in [2.05, 4.69) is 20.8 Å². The maximum absolute atomic E-state index is 12.7. The molecule has 0 aromatic carbocycles. The van der Waals surface area contributed by atoms with Gasteiger partial charge in [0.25, 0.3) is 0 Å². The number of hydrogen-bond acceptors (Lipinski definition) is 3. The standard InChI is InChI=1S/C24H36O4/c1-22(14-25)8-4-9-24(3)19(22)7-10-23(2)17-13-18(26)16(12-21(27)28)11-15(17)5-6-20(23)24/h11,15,17,19-20,25H,4-10,12-14H2,1-3H3,(H,27,28)/t15-,17-,19-,20+,22-,23+,24+/m1/s1. The molecule has 0 aliphatic heterocycles. The van der Waals surface area contributed by atoms with Gasteiger partial charge in [0.1, 0.15) is 0 Å². The second-order valence-electron chi connectivity index (χ2n) is 11.1. The summed E-state index contributed by atoms with van der Waals surface area (Å²) in [6.07, 6.45) is 10.5. The molecule has 0 aromatic heterocycles. The zero-order valence-electron chi connectivity index (χ0n) is 17.7. The van der Waals surface area contributed by atoms with E-state index < -0.39 is 5.97 Å². The first kappa shape index (κ1) is 20.1. The third-order valence-electron chi connectivity index (χ3n) is 9.70. The lowest BCUT2D eigenvalue weighted by atomic mass is 9.38. The molecule has 0 heterocycles. The van der Waals surface area contributed by atoms with Gasteiger partial charge in [-0.05, 0) is 78.4 Å². The Morgan fingerprint density at radius 3 is 2.50 bits per heavy atom. The minimum Gasteiger partial charge on any atom is -0.481 e. The van der Waals surface area contributed by atoms with Crippen LogP contribution >= 0.6 is 0 Å². The fraction of sp³-hybridized carbons (Fsp3) is 0.833. The lowest BCUT2D eigenvalue weighted by Gasteiger charge is -2.67. The van der Waals surface area contributed by atoms with Gasteiger partial charge in [-0.15, -0.1) is 0 Å². The molecule has 4 rings (SSSR count). The molecule has 0 saturated heterocycles. The normalized spacial score (nSPS) is 48.1. The number of ketones is 1. The van der Waals surface area contributed by atoms with Crippen LogP contribution in [0.15, 0.2) is 11.6 Å². The molecule has 3 saturated carbocycles. The molecular formula is C24H36O4. The molecule has 3 fully saturated rings. The van der Waals surface area contributed by atoms with Gasteiger partial charge in [-0.25, -0.2) is 0 Å². The smallest absolute Gasteiger partial charge is 0.307 e. The van der Waals surface area contributed by atoms with Crippen LogP contribution in [0.4, 0.5) is 0 Å². The summed E-state index contributed by atoms with van der Waals surface area (Å²) in [7, 11) is 0. The van der Waals surface area contributed by atoms with Crippen molar-refractivity contribution in [3.63, 3.8) is 0 Å². The quantitative estimate of drug-likeness (QED) is 0.740. The van der Waals surface area contributed by atoms with Gasteiger partial charge in [-0.1, -0.05) is 33.3 Å². The van der Waals surface area contributed by atoms with Crippen molar-refractivity contribution in [3.8, 4) is 0 Å². The van der Waals surface area contributed by atoms with Gasteiger partial charge in [0.15, 0.2) is 5.78 Å². The van der Waals surface area contributed by atoms with Crippen LogP contribution in [0.3, 0.4) is 0 Å². The number of aliphatic hydroxyl groups excluding tert-OH is 1. The van der Waals surface area contributed by atoms with Crippen LogP contribution in [0.1, 0.15) is 78.6 Å². The van der Waals surface area contributed by atoms with E-state index in [0.717, 1.165) is 32.1 Å². The van der Waals surface area contributed by atoms with E-state index in [-0.39, 0.29) is 35.1 Å². The van der Waals surface area contributed by atoms with Gasteiger partial charge in [-0.2, -0.15) is 0 Å². The van der Waals surface area contributed by atoms with Crippen molar-refractivity contribution in [1.29, 1.82) is 0 Å². The Morgan fingerprint density at radius 1 is 1.07 bits per heavy atom. The van der Waals surface area contributed by atoms with Crippen molar-refractivity contribution in [2.24, 2.45) is 39.9 Å². The second kappa shape index (κ2) is 6.68. The molecule has 0 radical (unpaired) electrons. The molecule has 156 valence electrons. The molecule has 4 heteroatoms. The Morgan fingerprint density at radius 2 is 1.82 bits per heavy atom. The van der Waals surface area contributed by atoms with Crippen LogP contribution in [0, 0.1) is 39.9 Å². The van der Waals surface area contributed by atoms with Crippen molar-refractivity contribution < 1.29 is 19.8 Å². The lowest BCUT2D eigenvalue weighted by molar-refractivity contribution is -0.183. The summed E-state index contributed by atoms with van der Waals surface area (Å²) in [4.78, 5) is 23.9. The third kappa shape index (κ3) is 2.81. The fourth-order valence-electron chi connectivity index (χ4n) is 8.42. The largest absolute Gasteiger partial charge is 0.481 e. The highest BCUT2D eigenvalue weighted by atomic mass is 16.4. The molecule has 0 unspecified atom stereocenters.